The normalized spacial score (nSPS) is 18.1. The van der Waals surface area contributed by atoms with Crippen LogP contribution in [0.25, 0.3) is 22.5 Å². The van der Waals surface area contributed by atoms with Crippen LogP contribution in [-0.4, -0.2) is 41.4 Å². The lowest BCUT2D eigenvalue weighted by atomic mass is 9.84. The second kappa shape index (κ2) is 10.9. The molecule has 0 amide bonds. The van der Waals surface area contributed by atoms with Crippen LogP contribution in [0.3, 0.4) is 0 Å². The molecule has 2 aromatic heterocycles. The lowest BCUT2D eigenvalue weighted by Gasteiger charge is -2.25. The zero-order valence-electron chi connectivity index (χ0n) is 20.4. The molecule has 35 heavy (non-hydrogen) atoms. The molecule has 8 heteroatoms. The maximum atomic E-state index is 6.13. The van der Waals surface area contributed by atoms with Crippen molar-refractivity contribution in [3.63, 3.8) is 0 Å². The third-order valence-corrected chi connectivity index (χ3v) is 7.03. The van der Waals surface area contributed by atoms with Crippen molar-refractivity contribution >= 4 is 0 Å². The Morgan fingerprint density at radius 2 is 1.77 bits per heavy atom. The van der Waals surface area contributed by atoms with E-state index in [-0.39, 0.29) is 0 Å². The number of aryl methyl sites for hydroxylation is 1. The lowest BCUT2D eigenvalue weighted by Crippen LogP contribution is -2.27. The molecule has 2 heterocycles. The summed E-state index contributed by atoms with van der Waals surface area (Å²) in [6, 6.07) is 17.2. The molecule has 0 saturated heterocycles. The Labute approximate surface area is 206 Å². The molecule has 1 saturated carbocycles. The molecule has 0 radical (unpaired) electrons. The third kappa shape index (κ3) is 5.65. The molecule has 4 aromatic rings. The fourth-order valence-corrected chi connectivity index (χ4v) is 4.97. The highest BCUT2D eigenvalue weighted by Crippen LogP contribution is 2.30. The molecule has 0 bridgehead atoms. The van der Waals surface area contributed by atoms with Gasteiger partial charge in [0.05, 0.1) is 6.54 Å². The molecular formula is C27H34N8. The number of H-pyrrole nitrogens is 1. The van der Waals surface area contributed by atoms with E-state index in [1.807, 2.05) is 18.2 Å². The summed E-state index contributed by atoms with van der Waals surface area (Å²) in [5.41, 5.74) is 10.5. The second-order valence-electron chi connectivity index (χ2n) is 9.68. The van der Waals surface area contributed by atoms with Gasteiger partial charge in [0.2, 0.25) is 0 Å². The Kier molecular flexibility index (Phi) is 7.28. The maximum absolute atomic E-state index is 6.13. The summed E-state index contributed by atoms with van der Waals surface area (Å²) in [5.74, 6) is 3.41. The number of tetrazole rings is 1. The Bertz CT molecular complexity index is 1200. The maximum Gasteiger partial charge on any atom is 0.180 e. The van der Waals surface area contributed by atoms with Crippen LogP contribution in [0.2, 0.25) is 0 Å². The summed E-state index contributed by atoms with van der Waals surface area (Å²) in [6.07, 6.45) is 8.82. The summed E-state index contributed by atoms with van der Waals surface area (Å²) in [4.78, 5) is 4.96. The summed E-state index contributed by atoms with van der Waals surface area (Å²) in [5, 5.41) is 19.3. The highest BCUT2D eigenvalue weighted by atomic mass is 15.5. The van der Waals surface area contributed by atoms with Gasteiger partial charge in [0.15, 0.2) is 11.6 Å². The molecule has 5 rings (SSSR count). The van der Waals surface area contributed by atoms with E-state index in [9.17, 15) is 0 Å². The minimum absolute atomic E-state index is 0.369. The second-order valence-corrected chi connectivity index (χ2v) is 9.68. The van der Waals surface area contributed by atoms with E-state index in [1.54, 1.807) is 0 Å². The van der Waals surface area contributed by atoms with Crippen LogP contribution < -0.4 is 5.73 Å². The number of hydrogen-bond acceptors (Lipinski definition) is 6. The van der Waals surface area contributed by atoms with Crippen LogP contribution in [0.4, 0.5) is 0 Å². The zero-order chi connectivity index (χ0) is 24.0. The topological polar surface area (TPSA) is 111 Å². The minimum atomic E-state index is 0.369. The summed E-state index contributed by atoms with van der Waals surface area (Å²) in [7, 11) is 0. The van der Waals surface area contributed by atoms with Crippen molar-refractivity contribution in [2.45, 2.75) is 70.9 Å². The fraction of sp³-hybridized carbons (Fsp3) is 0.444. The van der Waals surface area contributed by atoms with E-state index in [1.165, 1.54) is 18.4 Å². The molecule has 182 valence electrons. The predicted octanol–water partition coefficient (Wildman–Crippen LogP) is 4.58. The van der Waals surface area contributed by atoms with Gasteiger partial charge < -0.3 is 5.73 Å². The number of aromatic amines is 1. The number of hydrogen-bond donors (Lipinski definition) is 2. The van der Waals surface area contributed by atoms with Gasteiger partial charge >= 0.3 is 0 Å². The molecule has 0 unspecified atom stereocenters. The van der Waals surface area contributed by atoms with E-state index in [2.05, 4.69) is 62.6 Å². The molecule has 1 aliphatic rings. The van der Waals surface area contributed by atoms with Crippen molar-refractivity contribution in [3.05, 3.63) is 65.7 Å². The number of rotatable bonds is 9. The van der Waals surface area contributed by atoms with Gasteiger partial charge in [-0.25, -0.2) is 14.8 Å². The Hall–Kier alpha value is -3.39. The molecular weight excluding hydrogens is 436 g/mol. The fourth-order valence-electron chi connectivity index (χ4n) is 4.97. The van der Waals surface area contributed by atoms with Crippen molar-refractivity contribution in [1.82, 2.24) is 35.4 Å². The van der Waals surface area contributed by atoms with Crippen molar-refractivity contribution < 1.29 is 0 Å². The molecule has 8 nitrogen and oxygen atoms in total. The number of nitrogens with two attached hydrogens (primary N) is 1. The summed E-state index contributed by atoms with van der Waals surface area (Å²) >= 11 is 0. The number of aromatic nitrogens is 7. The van der Waals surface area contributed by atoms with Crippen LogP contribution in [0.15, 0.2) is 48.5 Å². The van der Waals surface area contributed by atoms with Gasteiger partial charge in [-0.1, -0.05) is 61.9 Å². The van der Waals surface area contributed by atoms with E-state index < -0.39 is 0 Å². The average molecular weight is 471 g/mol. The number of nitrogens with one attached hydrogen (secondary N) is 1. The third-order valence-electron chi connectivity index (χ3n) is 7.03. The highest BCUT2D eigenvalue weighted by molar-refractivity contribution is 5.80. The summed E-state index contributed by atoms with van der Waals surface area (Å²) < 4.78 is 2.13. The highest BCUT2D eigenvalue weighted by Gasteiger charge is 2.22. The van der Waals surface area contributed by atoms with Crippen LogP contribution in [0, 0.1) is 5.92 Å². The average Bonchev–Trinajstić information content (AvgIpc) is 3.55. The largest absolute Gasteiger partial charge is 0.328 e. The van der Waals surface area contributed by atoms with Gasteiger partial charge in [-0.2, -0.15) is 5.10 Å². The van der Waals surface area contributed by atoms with Crippen molar-refractivity contribution in [2.75, 3.05) is 0 Å². The standard InChI is InChI=1S/C27H34N8/c1-2-3-8-25-29-26(17-19-11-15-22(28)16-12-19)35(32-25)18-20-9-13-21(14-10-20)23-6-4-5-7-24(23)27-30-33-34-31-27/h4-7,9-10,13-14,19,22H,2-3,8,11-12,15-18,28H2,1H3,(H,30,31,33,34). The first-order chi connectivity index (χ1) is 17.2. The monoisotopic (exact) mass is 470 g/mol. The SMILES string of the molecule is CCCCc1nc(CC2CCC(N)CC2)n(Cc2ccc(-c3ccccc3-c3nnn[nH]3)cc2)n1. The van der Waals surface area contributed by atoms with Crippen molar-refractivity contribution in [3.8, 4) is 22.5 Å². The molecule has 0 spiro atoms. The van der Waals surface area contributed by atoms with E-state index in [4.69, 9.17) is 15.8 Å². The van der Waals surface area contributed by atoms with Gasteiger partial charge in [0, 0.05) is 24.4 Å². The molecule has 1 aliphatic carbocycles. The number of benzene rings is 2. The van der Waals surface area contributed by atoms with E-state index in [0.29, 0.717) is 17.8 Å². The van der Waals surface area contributed by atoms with Crippen LogP contribution >= 0.6 is 0 Å². The van der Waals surface area contributed by atoms with E-state index >= 15 is 0 Å². The van der Waals surface area contributed by atoms with Crippen LogP contribution in [0.5, 0.6) is 0 Å². The predicted molar refractivity (Wildman–Crippen MR) is 136 cm³/mol. The minimum Gasteiger partial charge on any atom is -0.328 e. The first-order valence-corrected chi connectivity index (χ1v) is 12.8. The Morgan fingerprint density at radius 1 is 1.00 bits per heavy atom. The van der Waals surface area contributed by atoms with Crippen molar-refractivity contribution in [1.29, 1.82) is 0 Å². The molecule has 0 aliphatic heterocycles. The number of nitrogens with zero attached hydrogens (tertiary/aromatic N) is 6. The van der Waals surface area contributed by atoms with Gasteiger partial charge in [-0.05, 0) is 65.1 Å². The van der Waals surface area contributed by atoms with Gasteiger partial charge in [-0.15, -0.1) is 5.10 Å². The summed E-state index contributed by atoms with van der Waals surface area (Å²) in [6.45, 7) is 2.94. The van der Waals surface area contributed by atoms with Gasteiger partial charge in [-0.3, -0.25) is 0 Å². The quantitative estimate of drug-likeness (QED) is 0.370. The van der Waals surface area contributed by atoms with Gasteiger partial charge in [0.1, 0.15) is 5.82 Å². The van der Waals surface area contributed by atoms with Gasteiger partial charge in [0.25, 0.3) is 0 Å². The number of unbranched alkanes of at least 4 members (excludes halogenated alkanes) is 1. The molecule has 2 aromatic carbocycles. The van der Waals surface area contributed by atoms with Crippen LogP contribution in [0.1, 0.15) is 62.7 Å². The Morgan fingerprint density at radius 3 is 2.49 bits per heavy atom. The first-order valence-electron chi connectivity index (χ1n) is 12.8. The lowest BCUT2D eigenvalue weighted by molar-refractivity contribution is 0.317. The van der Waals surface area contributed by atoms with E-state index in [0.717, 1.165) is 73.4 Å². The zero-order valence-corrected chi connectivity index (χ0v) is 20.4. The molecule has 1 fully saturated rings. The van der Waals surface area contributed by atoms with Crippen LogP contribution in [-0.2, 0) is 19.4 Å². The van der Waals surface area contributed by atoms with Crippen molar-refractivity contribution in [2.24, 2.45) is 11.7 Å². The smallest absolute Gasteiger partial charge is 0.180 e. The first kappa shape index (κ1) is 23.4. The molecule has 0 atom stereocenters. The Balaban J connectivity index is 1.35. The molecule has 3 N–H and O–H groups in total.